The van der Waals surface area contributed by atoms with Crippen molar-refractivity contribution < 1.29 is 4.79 Å². The first kappa shape index (κ1) is 16.3. The van der Waals surface area contributed by atoms with Crippen LogP contribution in [0.4, 0.5) is 0 Å². The van der Waals surface area contributed by atoms with Gasteiger partial charge in [0.05, 0.1) is 22.3 Å². The van der Waals surface area contributed by atoms with Gasteiger partial charge in [0, 0.05) is 19.2 Å². The predicted octanol–water partition coefficient (Wildman–Crippen LogP) is 3.27. The summed E-state index contributed by atoms with van der Waals surface area (Å²) in [5.41, 5.74) is 1.63. The minimum atomic E-state index is -0.762. The number of amides is 1. The first-order chi connectivity index (χ1) is 10.5. The summed E-state index contributed by atoms with van der Waals surface area (Å²) in [6.45, 7) is 2.39. The summed E-state index contributed by atoms with van der Waals surface area (Å²) < 4.78 is 1.69. The Kier molecular flexibility index (Phi) is 5.42. The first-order valence-electron chi connectivity index (χ1n) is 6.62. The lowest BCUT2D eigenvalue weighted by molar-refractivity contribution is -0.121. The van der Waals surface area contributed by atoms with Crippen molar-refractivity contribution in [1.82, 2.24) is 15.1 Å². The molecule has 0 saturated carbocycles. The summed E-state index contributed by atoms with van der Waals surface area (Å²) in [6.07, 6.45) is 3.82. The van der Waals surface area contributed by atoms with E-state index in [2.05, 4.69) is 10.4 Å². The van der Waals surface area contributed by atoms with E-state index in [9.17, 15) is 10.1 Å². The standard InChI is InChI=1S/C15H14Cl2N4O/c1-10-8-19-21(9-10)5-4-15(22)20-14(7-18)11-2-3-12(16)13(17)6-11/h2-3,6,8-9,14H,4-5H2,1H3,(H,20,22)/t14-/m0/s1. The van der Waals surface area contributed by atoms with Crippen LogP contribution in [-0.2, 0) is 11.3 Å². The number of nitrogens with zero attached hydrogens (tertiary/aromatic N) is 3. The number of nitrogens with one attached hydrogen (secondary N) is 1. The maximum Gasteiger partial charge on any atom is 0.223 e. The van der Waals surface area contributed by atoms with Gasteiger partial charge in [-0.2, -0.15) is 10.4 Å². The summed E-state index contributed by atoms with van der Waals surface area (Å²) in [5, 5.41) is 16.7. The second-order valence-corrected chi connectivity index (χ2v) is 5.65. The molecule has 0 radical (unpaired) electrons. The van der Waals surface area contributed by atoms with Crippen LogP contribution in [-0.4, -0.2) is 15.7 Å². The van der Waals surface area contributed by atoms with Gasteiger partial charge in [-0.05, 0) is 30.2 Å². The van der Waals surface area contributed by atoms with E-state index >= 15 is 0 Å². The summed E-state index contributed by atoms with van der Waals surface area (Å²) in [6, 6.07) is 6.12. The second-order valence-electron chi connectivity index (χ2n) is 4.83. The third-order valence-electron chi connectivity index (χ3n) is 3.04. The van der Waals surface area contributed by atoms with E-state index in [0.717, 1.165) is 5.56 Å². The molecule has 0 spiro atoms. The number of halogens is 2. The van der Waals surface area contributed by atoms with Crippen LogP contribution in [0.25, 0.3) is 0 Å². The van der Waals surface area contributed by atoms with Gasteiger partial charge in [-0.15, -0.1) is 0 Å². The van der Waals surface area contributed by atoms with Crippen molar-refractivity contribution in [2.45, 2.75) is 25.9 Å². The number of rotatable bonds is 5. The minimum Gasteiger partial charge on any atom is -0.337 e. The molecular weight excluding hydrogens is 323 g/mol. The highest BCUT2D eigenvalue weighted by atomic mass is 35.5. The molecule has 1 heterocycles. The molecule has 1 aromatic carbocycles. The molecule has 0 aliphatic carbocycles. The third-order valence-corrected chi connectivity index (χ3v) is 3.78. The highest BCUT2D eigenvalue weighted by Crippen LogP contribution is 2.25. The van der Waals surface area contributed by atoms with Crippen LogP contribution in [0.1, 0.15) is 23.6 Å². The normalized spacial score (nSPS) is 11.7. The van der Waals surface area contributed by atoms with Gasteiger partial charge in [0.2, 0.25) is 5.91 Å². The van der Waals surface area contributed by atoms with Crippen LogP contribution in [0.15, 0.2) is 30.6 Å². The molecular formula is C15H14Cl2N4O. The highest BCUT2D eigenvalue weighted by molar-refractivity contribution is 6.42. The molecule has 0 aliphatic rings. The van der Waals surface area contributed by atoms with Crippen LogP contribution in [0, 0.1) is 18.3 Å². The minimum absolute atomic E-state index is 0.231. The monoisotopic (exact) mass is 336 g/mol. The Balaban J connectivity index is 1.96. The molecule has 7 heteroatoms. The topological polar surface area (TPSA) is 70.7 Å². The lowest BCUT2D eigenvalue weighted by Gasteiger charge is -2.12. The molecule has 22 heavy (non-hydrogen) atoms. The van der Waals surface area contributed by atoms with E-state index < -0.39 is 6.04 Å². The number of hydrogen-bond donors (Lipinski definition) is 1. The Labute approximate surface area is 138 Å². The molecule has 1 atom stereocenters. The van der Waals surface area contributed by atoms with Crippen molar-refractivity contribution >= 4 is 29.1 Å². The van der Waals surface area contributed by atoms with Crippen LogP contribution >= 0.6 is 23.2 Å². The van der Waals surface area contributed by atoms with Crippen LogP contribution in [0.5, 0.6) is 0 Å². The van der Waals surface area contributed by atoms with Crippen molar-refractivity contribution in [3.63, 3.8) is 0 Å². The predicted molar refractivity (Wildman–Crippen MR) is 84.5 cm³/mol. The zero-order valence-electron chi connectivity index (χ0n) is 11.9. The molecule has 2 aromatic rings. The van der Waals surface area contributed by atoms with Gasteiger partial charge in [-0.1, -0.05) is 29.3 Å². The van der Waals surface area contributed by atoms with Gasteiger partial charge in [0.25, 0.3) is 0 Å². The average Bonchev–Trinajstić information content (AvgIpc) is 2.91. The van der Waals surface area contributed by atoms with Gasteiger partial charge in [0.15, 0.2) is 0 Å². The Morgan fingerprint density at radius 2 is 2.23 bits per heavy atom. The molecule has 1 amide bonds. The Morgan fingerprint density at radius 1 is 1.45 bits per heavy atom. The average molecular weight is 337 g/mol. The van der Waals surface area contributed by atoms with Gasteiger partial charge >= 0.3 is 0 Å². The van der Waals surface area contributed by atoms with Crippen molar-refractivity contribution in [2.24, 2.45) is 0 Å². The van der Waals surface area contributed by atoms with E-state index in [1.165, 1.54) is 0 Å². The Bertz CT molecular complexity index is 721. The largest absolute Gasteiger partial charge is 0.337 e. The quantitative estimate of drug-likeness (QED) is 0.910. The first-order valence-corrected chi connectivity index (χ1v) is 7.38. The van der Waals surface area contributed by atoms with Crippen LogP contribution < -0.4 is 5.32 Å². The zero-order chi connectivity index (χ0) is 16.1. The number of carbonyl (C=O) groups is 1. The van der Waals surface area contributed by atoms with Gasteiger partial charge < -0.3 is 5.32 Å². The van der Waals surface area contributed by atoms with Crippen LogP contribution in [0.3, 0.4) is 0 Å². The fourth-order valence-corrected chi connectivity index (χ4v) is 2.23. The van der Waals surface area contributed by atoms with Gasteiger partial charge in [-0.25, -0.2) is 0 Å². The summed E-state index contributed by atoms with van der Waals surface area (Å²) in [7, 11) is 0. The molecule has 5 nitrogen and oxygen atoms in total. The molecule has 0 fully saturated rings. The molecule has 0 aliphatic heterocycles. The molecule has 1 N–H and O–H groups in total. The Morgan fingerprint density at radius 3 is 2.82 bits per heavy atom. The fourth-order valence-electron chi connectivity index (χ4n) is 1.92. The second kappa shape index (κ2) is 7.30. The highest BCUT2D eigenvalue weighted by Gasteiger charge is 2.15. The van der Waals surface area contributed by atoms with Crippen molar-refractivity contribution in [3.8, 4) is 6.07 Å². The fraction of sp³-hybridized carbons (Fsp3) is 0.267. The number of nitriles is 1. The van der Waals surface area contributed by atoms with E-state index in [-0.39, 0.29) is 12.3 Å². The maximum atomic E-state index is 12.0. The lowest BCUT2D eigenvalue weighted by Crippen LogP contribution is -2.28. The van der Waals surface area contributed by atoms with E-state index in [1.807, 2.05) is 19.2 Å². The summed E-state index contributed by atoms with van der Waals surface area (Å²) >= 11 is 11.8. The van der Waals surface area contributed by atoms with Gasteiger partial charge in [-0.3, -0.25) is 9.48 Å². The van der Waals surface area contributed by atoms with Crippen molar-refractivity contribution in [2.75, 3.05) is 0 Å². The molecule has 1 aromatic heterocycles. The summed E-state index contributed by atoms with van der Waals surface area (Å²) in [4.78, 5) is 12.0. The molecule has 0 unspecified atom stereocenters. The Hall–Kier alpha value is -2.03. The molecule has 0 saturated heterocycles. The number of aryl methyl sites for hydroxylation is 2. The van der Waals surface area contributed by atoms with Crippen LogP contribution in [0.2, 0.25) is 10.0 Å². The summed E-state index contributed by atoms with van der Waals surface area (Å²) in [5.74, 6) is -0.231. The number of aromatic nitrogens is 2. The lowest BCUT2D eigenvalue weighted by atomic mass is 10.1. The number of benzene rings is 1. The maximum absolute atomic E-state index is 12.0. The number of carbonyl (C=O) groups excluding carboxylic acids is 1. The van der Waals surface area contributed by atoms with E-state index in [1.54, 1.807) is 29.1 Å². The molecule has 2 rings (SSSR count). The number of hydrogen-bond acceptors (Lipinski definition) is 3. The van der Waals surface area contributed by atoms with E-state index in [4.69, 9.17) is 23.2 Å². The smallest absolute Gasteiger partial charge is 0.223 e. The van der Waals surface area contributed by atoms with Gasteiger partial charge in [0.1, 0.15) is 6.04 Å². The molecule has 114 valence electrons. The van der Waals surface area contributed by atoms with E-state index in [0.29, 0.717) is 22.2 Å². The zero-order valence-corrected chi connectivity index (χ0v) is 13.4. The van der Waals surface area contributed by atoms with Crippen molar-refractivity contribution in [3.05, 3.63) is 51.8 Å². The SMILES string of the molecule is Cc1cnn(CCC(=O)N[C@@H](C#N)c2ccc(Cl)c(Cl)c2)c1. The molecule has 0 bridgehead atoms. The van der Waals surface area contributed by atoms with Crippen molar-refractivity contribution in [1.29, 1.82) is 5.26 Å². The third kappa shape index (κ3) is 4.23.